The van der Waals surface area contributed by atoms with Gasteiger partial charge in [-0.2, -0.15) is 0 Å². The summed E-state index contributed by atoms with van der Waals surface area (Å²) in [5.74, 6) is -0.520. The molecular formula is C13H27BO7P2S. The molecule has 1 aliphatic rings. The maximum Gasteiger partial charge on any atom is 0.327 e. The average molecular weight is 400 g/mol. The Kier molecular flexibility index (Phi) is 8.15. The summed E-state index contributed by atoms with van der Waals surface area (Å²) in [6.45, 7) is 1.81. The minimum Gasteiger partial charge on any atom is -0.378 e. The number of hydrogen-bond acceptors (Lipinski definition) is 6. The number of ether oxygens (including phenoxy) is 1. The molecule has 1 fully saturated rings. The highest BCUT2D eigenvalue weighted by atomic mass is 32.5. The van der Waals surface area contributed by atoms with Crippen molar-refractivity contribution in [2.75, 3.05) is 20.4 Å². The zero-order valence-corrected chi connectivity index (χ0v) is 17.4. The molecule has 0 amide bonds. The van der Waals surface area contributed by atoms with Gasteiger partial charge in [0.1, 0.15) is 0 Å². The van der Waals surface area contributed by atoms with Crippen LogP contribution in [0.3, 0.4) is 0 Å². The minimum absolute atomic E-state index is 0.000751. The molecule has 0 saturated heterocycles. The summed E-state index contributed by atoms with van der Waals surface area (Å²) in [4.78, 5) is 19.8. The van der Waals surface area contributed by atoms with E-state index in [9.17, 15) is 14.4 Å². The first kappa shape index (κ1) is 22.7. The molecule has 7 nitrogen and oxygen atoms in total. The van der Waals surface area contributed by atoms with E-state index in [1.165, 1.54) is 14.2 Å². The van der Waals surface area contributed by atoms with Crippen molar-refractivity contribution in [2.45, 2.75) is 57.2 Å². The van der Waals surface area contributed by atoms with Crippen molar-refractivity contribution in [1.29, 1.82) is 0 Å². The third kappa shape index (κ3) is 7.14. The molecule has 2 radical (unpaired) electrons. The van der Waals surface area contributed by atoms with Crippen LogP contribution in [0.5, 0.6) is 0 Å². The molecule has 24 heavy (non-hydrogen) atoms. The van der Waals surface area contributed by atoms with E-state index in [1.807, 2.05) is 0 Å². The van der Waals surface area contributed by atoms with Crippen LogP contribution in [0.4, 0.5) is 0 Å². The molecule has 0 spiro atoms. The lowest BCUT2D eigenvalue weighted by atomic mass is 9.83. The first-order valence-corrected chi connectivity index (χ1v) is 12.0. The molecule has 6 atom stereocenters. The predicted octanol–water partition coefficient (Wildman–Crippen LogP) is 2.62. The summed E-state index contributed by atoms with van der Waals surface area (Å²) in [7, 11) is 5.23. The highest BCUT2D eigenvalue weighted by Gasteiger charge is 2.45. The van der Waals surface area contributed by atoms with E-state index in [4.69, 9.17) is 33.4 Å². The molecule has 1 aliphatic carbocycles. The normalized spacial score (nSPS) is 33.1. The second-order valence-corrected chi connectivity index (χ2v) is 11.7. The fraction of sp³-hybridized carbons (Fsp3) is 1.00. The lowest BCUT2D eigenvalue weighted by Crippen LogP contribution is -2.32. The molecule has 0 bridgehead atoms. The van der Waals surface area contributed by atoms with Crippen LogP contribution >= 0.6 is 14.3 Å². The summed E-state index contributed by atoms with van der Waals surface area (Å²) < 4.78 is 32.8. The van der Waals surface area contributed by atoms with Gasteiger partial charge >= 0.3 is 14.3 Å². The highest BCUT2D eigenvalue weighted by Crippen LogP contribution is 2.54. The second kappa shape index (κ2) is 8.60. The van der Waals surface area contributed by atoms with Gasteiger partial charge in [0, 0.05) is 14.2 Å². The Morgan fingerprint density at radius 2 is 1.83 bits per heavy atom. The highest BCUT2D eigenvalue weighted by molar-refractivity contribution is 8.07. The van der Waals surface area contributed by atoms with Crippen LogP contribution in [0.1, 0.15) is 33.6 Å². The molecule has 0 aromatic rings. The van der Waals surface area contributed by atoms with Crippen LogP contribution in [0, 0.1) is 5.92 Å². The molecule has 2 N–H and O–H groups in total. The van der Waals surface area contributed by atoms with Crippen molar-refractivity contribution in [3.8, 4) is 0 Å². The maximum absolute atomic E-state index is 11.6. The van der Waals surface area contributed by atoms with Gasteiger partial charge in [-0.15, -0.1) is 0 Å². The van der Waals surface area contributed by atoms with Crippen LogP contribution < -0.4 is 0 Å². The zero-order chi connectivity index (χ0) is 18.8. The van der Waals surface area contributed by atoms with Crippen LogP contribution in [0.2, 0.25) is 5.82 Å². The maximum atomic E-state index is 11.6. The molecule has 0 aliphatic heterocycles. The van der Waals surface area contributed by atoms with E-state index < -0.39 is 37.9 Å². The Bertz CT molecular complexity index is 513. The first-order chi connectivity index (χ1) is 10.8. The summed E-state index contributed by atoms with van der Waals surface area (Å²) >= 11 is 5.07. The fourth-order valence-electron chi connectivity index (χ4n) is 2.82. The van der Waals surface area contributed by atoms with Gasteiger partial charge in [0.25, 0.3) is 0 Å². The Morgan fingerprint density at radius 3 is 2.29 bits per heavy atom. The molecule has 0 heterocycles. The fourth-order valence-corrected chi connectivity index (χ4v) is 5.95. The second-order valence-electron chi connectivity index (χ2n) is 6.93. The third-order valence-corrected chi connectivity index (χ3v) is 6.93. The van der Waals surface area contributed by atoms with Crippen molar-refractivity contribution in [3.63, 3.8) is 0 Å². The van der Waals surface area contributed by atoms with Crippen molar-refractivity contribution < 1.29 is 32.7 Å². The predicted molar refractivity (Wildman–Crippen MR) is 96.9 cm³/mol. The summed E-state index contributed by atoms with van der Waals surface area (Å²) in [5.41, 5.74) is -0.656. The average Bonchev–Trinajstić information content (AvgIpc) is 2.69. The van der Waals surface area contributed by atoms with Crippen molar-refractivity contribution in [2.24, 2.45) is 5.92 Å². The van der Waals surface area contributed by atoms with Crippen molar-refractivity contribution in [1.82, 2.24) is 0 Å². The molecule has 1 saturated carbocycles. The van der Waals surface area contributed by atoms with E-state index in [0.717, 1.165) is 0 Å². The van der Waals surface area contributed by atoms with E-state index in [0.29, 0.717) is 12.8 Å². The smallest absolute Gasteiger partial charge is 0.327 e. The molecular weight excluding hydrogens is 373 g/mol. The molecule has 140 valence electrons. The third-order valence-electron chi connectivity index (χ3n) is 3.77. The van der Waals surface area contributed by atoms with Gasteiger partial charge in [-0.1, -0.05) is 6.42 Å². The lowest BCUT2D eigenvalue weighted by molar-refractivity contribution is -0.0174. The number of rotatable bonds is 8. The molecule has 0 aromatic carbocycles. The van der Waals surface area contributed by atoms with E-state index >= 15 is 0 Å². The van der Waals surface area contributed by atoms with Crippen LogP contribution in [0.25, 0.3) is 0 Å². The SMILES string of the molecule is [B][C@H]1C[C@H](CCP(=O)(O)OC)[C@@H](OC)[C@H]1OP(O)(=S)OC(C)(C)C. The van der Waals surface area contributed by atoms with E-state index in [-0.39, 0.29) is 12.1 Å². The summed E-state index contributed by atoms with van der Waals surface area (Å²) in [6.07, 6.45) is -0.173. The van der Waals surface area contributed by atoms with Gasteiger partial charge in [-0.25, -0.2) is 0 Å². The van der Waals surface area contributed by atoms with Crippen molar-refractivity contribution >= 4 is 34.0 Å². The minimum atomic E-state index is -3.60. The Hall–Kier alpha value is 0.705. The molecule has 0 aromatic heterocycles. The van der Waals surface area contributed by atoms with Crippen molar-refractivity contribution in [3.05, 3.63) is 0 Å². The monoisotopic (exact) mass is 400 g/mol. The van der Waals surface area contributed by atoms with Gasteiger partial charge in [0.15, 0.2) is 0 Å². The standard InChI is InChI=1S/C13H27BO7P2S/c1-13(2,3)21-23(17,24)20-12-10(14)8-9(11(12)18-4)6-7-22(15,16)19-5/h9-12H,6-8H2,1-5H3,(H,15,16)(H,17,24)/t9-,10-,11+,12-,23?/m0/s1. The van der Waals surface area contributed by atoms with Gasteiger partial charge in [0.2, 0.25) is 0 Å². The Balaban J connectivity index is 2.78. The van der Waals surface area contributed by atoms with E-state index in [1.54, 1.807) is 20.8 Å². The quantitative estimate of drug-likeness (QED) is 0.475. The summed E-state index contributed by atoms with van der Waals surface area (Å²) in [6, 6.07) is 0. The van der Waals surface area contributed by atoms with Gasteiger partial charge in [-0.05, 0) is 50.7 Å². The Morgan fingerprint density at radius 1 is 1.25 bits per heavy atom. The Labute approximate surface area is 150 Å². The topological polar surface area (TPSA) is 94.5 Å². The largest absolute Gasteiger partial charge is 0.378 e. The number of hydrogen-bond donors (Lipinski definition) is 2. The molecule has 11 heteroatoms. The summed E-state index contributed by atoms with van der Waals surface area (Å²) in [5, 5.41) is 0. The lowest BCUT2D eigenvalue weighted by Gasteiger charge is -2.31. The molecule has 2 unspecified atom stereocenters. The van der Waals surface area contributed by atoms with Gasteiger partial charge in [0.05, 0.1) is 31.8 Å². The van der Waals surface area contributed by atoms with Crippen LogP contribution in [-0.4, -0.2) is 55.8 Å². The first-order valence-electron chi connectivity index (χ1n) is 7.68. The molecule has 1 rings (SSSR count). The van der Waals surface area contributed by atoms with E-state index in [2.05, 4.69) is 4.52 Å². The zero-order valence-electron chi connectivity index (χ0n) is 14.7. The van der Waals surface area contributed by atoms with Gasteiger partial charge in [-0.3, -0.25) is 4.57 Å². The number of methoxy groups -OCH3 is 1. The van der Waals surface area contributed by atoms with Gasteiger partial charge < -0.3 is 28.1 Å². The van der Waals surface area contributed by atoms with Crippen LogP contribution in [-0.2, 0) is 34.7 Å². The van der Waals surface area contributed by atoms with Crippen LogP contribution in [0.15, 0.2) is 0 Å².